The van der Waals surface area contributed by atoms with E-state index in [4.69, 9.17) is 9.47 Å². The number of rotatable bonds is 5. The lowest BCUT2D eigenvalue weighted by Gasteiger charge is -2.12. The third-order valence-electron chi connectivity index (χ3n) is 4.70. The average Bonchev–Trinajstić information content (AvgIpc) is 3.16. The number of benzene rings is 2. The van der Waals surface area contributed by atoms with Gasteiger partial charge in [-0.15, -0.1) is 0 Å². The highest BCUT2D eigenvalue weighted by Crippen LogP contribution is 2.31. The number of nitrogens with one attached hydrogen (secondary N) is 1. The highest BCUT2D eigenvalue weighted by atomic mass is 16.5. The lowest BCUT2D eigenvalue weighted by atomic mass is 10.1. The third-order valence-corrected chi connectivity index (χ3v) is 4.70. The molecule has 0 saturated carbocycles. The average molecular weight is 387 g/mol. The van der Waals surface area contributed by atoms with E-state index < -0.39 is 0 Å². The molecule has 146 valence electrons. The molecule has 4 rings (SSSR count). The minimum Gasteiger partial charge on any atom is -0.493 e. The topological polar surface area (TPSA) is 64.9 Å². The number of imidazole rings is 1. The second kappa shape index (κ2) is 7.67. The fourth-order valence-corrected chi connectivity index (χ4v) is 3.21. The molecule has 2 aromatic carbocycles. The van der Waals surface area contributed by atoms with Crippen LogP contribution in [0.5, 0.6) is 11.5 Å². The number of methoxy groups -OCH3 is 2. The van der Waals surface area contributed by atoms with Crippen LogP contribution in [0.1, 0.15) is 15.9 Å². The molecule has 0 radical (unpaired) electrons. The highest BCUT2D eigenvalue weighted by Gasteiger charge is 2.16. The zero-order valence-electron chi connectivity index (χ0n) is 16.5. The second-order valence-corrected chi connectivity index (χ2v) is 6.67. The van der Waals surface area contributed by atoms with Crippen LogP contribution < -0.4 is 14.8 Å². The number of aromatic nitrogens is 2. The van der Waals surface area contributed by atoms with E-state index in [1.165, 1.54) is 12.7 Å². The first-order valence-corrected chi connectivity index (χ1v) is 9.17. The Hall–Kier alpha value is -3.80. The predicted octanol–water partition coefficient (Wildman–Crippen LogP) is 4.58. The molecule has 0 saturated heterocycles. The normalized spacial score (nSPS) is 10.7. The first-order valence-electron chi connectivity index (χ1n) is 9.17. The molecule has 6 nitrogen and oxygen atoms in total. The second-order valence-electron chi connectivity index (χ2n) is 6.67. The van der Waals surface area contributed by atoms with Crippen molar-refractivity contribution < 1.29 is 14.3 Å². The van der Waals surface area contributed by atoms with Gasteiger partial charge in [0, 0.05) is 23.6 Å². The number of carbonyl (C=O) groups is 1. The molecule has 0 fully saturated rings. The molecule has 0 aliphatic carbocycles. The molecule has 6 heteroatoms. The number of pyridine rings is 1. The van der Waals surface area contributed by atoms with Gasteiger partial charge in [0.1, 0.15) is 5.65 Å². The Labute approximate surface area is 168 Å². The minimum atomic E-state index is -0.267. The van der Waals surface area contributed by atoms with Crippen molar-refractivity contribution in [1.82, 2.24) is 9.38 Å². The summed E-state index contributed by atoms with van der Waals surface area (Å²) < 4.78 is 12.6. The van der Waals surface area contributed by atoms with Crippen LogP contribution >= 0.6 is 0 Å². The Morgan fingerprint density at radius 2 is 1.83 bits per heavy atom. The number of carbonyl (C=O) groups excluding carboxylic acids is 1. The molecular formula is C23H21N3O3. The smallest absolute Gasteiger partial charge is 0.259 e. The van der Waals surface area contributed by atoms with Crippen molar-refractivity contribution in [3.05, 3.63) is 78.1 Å². The number of amides is 1. The standard InChI is InChI=1S/C23H21N3O3/c1-15-11-12-26-14-19(25-21(26)13-15)16-7-9-17(10-8-16)24-23(27)18-5-4-6-20(28-2)22(18)29-3/h4-14H,1-3H3,(H,24,27). The van der Waals surface area contributed by atoms with Gasteiger partial charge in [-0.1, -0.05) is 18.2 Å². The van der Waals surface area contributed by atoms with Crippen molar-refractivity contribution in [3.8, 4) is 22.8 Å². The molecule has 1 N–H and O–H groups in total. The predicted molar refractivity (Wildman–Crippen MR) is 113 cm³/mol. The maximum absolute atomic E-state index is 12.7. The van der Waals surface area contributed by atoms with Crippen molar-refractivity contribution in [1.29, 1.82) is 0 Å². The summed E-state index contributed by atoms with van der Waals surface area (Å²) in [6.07, 6.45) is 3.99. The van der Waals surface area contributed by atoms with Crippen LogP contribution in [-0.2, 0) is 0 Å². The summed E-state index contributed by atoms with van der Waals surface area (Å²) >= 11 is 0. The van der Waals surface area contributed by atoms with Crippen LogP contribution in [0.25, 0.3) is 16.9 Å². The summed E-state index contributed by atoms with van der Waals surface area (Å²) in [5, 5.41) is 2.90. The van der Waals surface area contributed by atoms with Crippen LogP contribution in [0.2, 0.25) is 0 Å². The molecule has 4 aromatic rings. The maximum atomic E-state index is 12.7. The van der Waals surface area contributed by atoms with E-state index in [0.717, 1.165) is 16.9 Å². The molecule has 1 amide bonds. The molecule has 0 atom stereocenters. The van der Waals surface area contributed by atoms with Gasteiger partial charge in [0.2, 0.25) is 0 Å². The number of aryl methyl sites for hydroxylation is 1. The zero-order valence-corrected chi connectivity index (χ0v) is 16.5. The number of para-hydroxylation sites is 1. The van der Waals surface area contributed by atoms with Gasteiger partial charge in [0.05, 0.1) is 25.5 Å². The van der Waals surface area contributed by atoms with Crippen LogP contribution in [0, 0.1) is 6.92 Å². The van der Waals surface area contributed by atoms with Crippen molar-refractivity contribution >= 4 is 17.2 Å². The van der Waals surface area contributed by atoms with E-state index in [1.807, 2.05) is 60.1 Å². The van der Waals surface area contributed by atoms with Crippen LogP contribution in [0.3, 0.4) is 0 Å². The molecular weight excluding hydrogens is 366 g/mol. The number of fused-ring (bicyclic) bond motifs is 1. The molecule has 0 spiro atoms. The van der Waals surface area contributed by atoms with Crippen molar-refractivity contribution in [2.45, 2.75) is 6.92 Å². The third kappa shape index (κ3) is 3.65. The quantitative estimate of drug-likeness (QED) is 0.544. The van der Waals surface area contributed by atoms with Gasteiger partial charge in [-0.05, 0) is 48.9 Å². The van der Waals surface area contributed by atoms with E-state index >= 15 is 0 Å². The summed E-state index contributed by atoms with van der Waals surface area (Å²) in [5.74, 6) is 0.651. The molecule has 2 aromatic heterocycles. The van der Waals surface area contributed by atoms with E-state index in [9.17, 15) is 4.79 Å². The number of hydrogen-bond acceptors (Lipinski definition) is 4. The van der Waals surface area contributed by atoms with Crippen LogP contribution in [0.15, 0.2) is 67.0 Å². The summed E-state index contributed by atoms with van der Waals surface area (Å²) in [6, 6.07) is 16.9. The van der Waals surface area contributed by atoms with Crippen molar-refractivity contribution in [3.63, 3.8) is 0 Å². The van der Waals surface area contributed by atoms with Gasteiger partial charge in [0.15, 0.2) is 11.5 Å². The number of nitrogens with zero attached hydrogens (tertiary/aromatic N) is 2. The molecule has 29 heavy (non-hydrogen) atoms. The van der Waals surface area contributed by atoms with Gasteiger partial charge in [-0.25, -0.2) is 4.98 Å². The van der Waals surface area contributed by atoms with Crippen molar-refractivity contribution in [2.75, 3.05) is 19.5 Å². The largest absolute Gasteiger partial charge is 0.493 e. The Kier molecular flexibility index (Phi) is 4.91. The van der Waals surface area contributed by atoms with Crippen LogP contribution in [-0.4, -0.2) is 29.5 Å². The SMILES string of the molecule is COc1cccc(C(=O)Nc2ccc(-c3cn4ccc(C)cc4n3)cc2)c1OC. The van der Waals surface area contributed by atoms with E-state index in [1.54, 1.807) is 25.3 Å². The minimum absolute atomic E-state index is 0.267. The molecule has 0 unspecified atom stereocenters. The zero-order chi connectivity index (χ0) is 20.4. The van der Waals surface area contributed by atoms with Gasteiger partial charge in [-0.2, -0.15) is 0 Å². The van der Waals surface area contributed by atoms with E-state index in [2.05, 4.69) is 10.3 Å². The molecule has 0 bridgehead atoms. The summed E-state index contributed by atoms with van der Waals surface area (Å²) in [5.41, 5.74) is 5.02. The fraction of sp³-hybridized carbons (Fsp3) is 0.130. The fourth-order valence-electron chi connectivity index (χ4n) is 3.21. The Morgan fingerprint density at radius 1 is 1.03 bits per heavy atom. The maximum Gasteiger partial charge on any atom is 0.259 e. The van der Waals surface area contributed by atoms with Gasteiger partial charge in [0.25, 0.3) is 5.91 Å². The summed E-state index contributed by atoms with van der Waals surface area (Å²) in [4.78, 5) is 17.4. The number of anilines is 1. The summed E-state index contributed by atoms with van der Waals surface area (Å²) in [7, 11) is 3.05. The Bertz CT molecular complexity index is 1180. The number of ether oxygens (including phenoxy) is 2. The lowest BCUT2D eigenvalue weighted by molar-refractivity contribution is 0.102. The van der Waals surface area contributed by atoms with Gasteiger partial charge < -0.3 is 19.2 Å². The van der Waals surface area contributed by atoms with Crippen molar-refractivity contribution in [2.24, 2.45) is 0 Å². The number of hydrogen-bond donors (Lipinski definition) is 1. The highest BCUT2D eigenvalue weighted by molar-refractivity contribution is 6.06. The van der Waals surface area contributed by atoms with Crippen LogP contribution in [0.4, 0.5) is 5.69 Å². The lowest BCUT2D eigenvalue weighted by Crippen LogP contribution is -2.13. The monoisotopic (exact) mass is 387 g/mol. The van der Waals surface area contributed by atoms with Gasteiger partial charge >= 0.3 is 0 Å². The van der Waals surface area contributed by atoms with E-state index in [0.29, 0.717) is 22.7 Å². The molecule has 0 aliphatic heterocycles. The van der Waals surface area contributed by atoms with E-state index in [-0.39, 0.29) is 5.91 Å². The Morgan fingerprint density at radius 3 is 2.55 bits per heavy atom. The van der Waals surface area contributed by atoms with Gasteiger partial charge in [-0.3, -0.25) is 4.79 Å². The Balaban J connectivity index is 1.56. The molecule has 2 heterocycles. The molecule has 0 aliphatic rings. The summed E-state index contributed by atoms with van der Waals surface area (Å²) in [6.45, 7) is 2.04. The first-order chi connectivity index (χ1) is 14.1. The first kappa shape index (κ1) is 18.6.